The van der Waals surface area contributed by atoms with Crippen LogP contribution in [0.5, 0.6) is 0 Å². The Kier molecular flexibility index (Phi) is 4.35. The van der Waals surface area contributed by atoms with Crippen molar-refractivity contribution >= 4 is 50.1 Å². The molecule has 0 spiro atoms. The normalized spacial score (nSPS) is 14.2. The quantitative estimate of drug-likeness (QED) is 0.371. The van der Waals surface area contributed by atoms with Crippen molar-refractivity contribution in [1.29, 1.82) is 0 Å². The number of benzene rings is 2. The van der Waals surface area contributed by atoms with Gasteiger partial charge in [0.1, 0.15) is 11.6 Å². The molecule has 146 valence electrons. The average molecular weight is 410 g/mol. The molecule has 1 aliphatic heterocycles. The van der Waals surface area contributed by atoms with Crippen LogP contribution in [0.15, 0.2) is 42.5 Å². The second-order valence-electron chi connectivity index (χ2n) is 6.47. The fourth-order valence-electron chi connectivity index (χ4n) is 3.28. The summed E-state index contributed by atoms with van der Waals surface area (Å²) in [6.07, 6.45) is 0. The van der Waals surface area contributed by atoms with Gasteiger partial charge < -0.3 is 0 Å². The number of hydrogen-bond acceptors (Lipinski definition) is 7. The van der Waals surface area contributed by atoms with Gasteiger partial charge in [-0.3, -0.25) is 34.3 Å². The predicted octanol–water partition coefficient (Wildman–Crippen LogP) is 2.85. The lowest BCUT2D eigenvalue weighted by atomic mass is 10.1. The van der Waals surface area contributed by atoms with Crippen LogP contribution in [-0.4, -0.2) is 45.6 Å². The Morgan fingerprint density at radius 1 is 1.17 bits per heavy atom. The van der Waals surface area contributed by atoms with E-state index in [9.17, 15) is 24.5 Å². The number of amides is 3. The van der Waals surface area contributed by atoms with E-state index in [1.165, 1.54) is 42.3 Å². The minimum atomic E-state index is -1.15. The minimum Gasteiger partial charge on any atom is -0.289 e. The third-order valence-corrected chi connectivity index (χ3v) is 5.88. The number of nitro benzene ring substituents is 1. The number of rotatable bonds is 4. The van der Waals surface area contributed by atoms with Crippen LogP contribution in [-0.2, 0) is 4.79 Å². The summed E-state index contributed by atoms with van der Waals surface area (Å²) in [4.78, 5) is 55.5. The number of para-hydroxylation sites is 1. The number of fused-ring (bicyclic) bond motifs is 2. The van der Waals surface area contributed by atoms with Crippen molar-refractivity contribution in [3.8, 4) is 0 Å². The van der Waals surface area contributed by atoms with Crippen molar-refractivity contribution in [3.63, 3.8) is 0 Å². The number of thiazole rings is 1. The van der Waals surface area contributed by atoms with Crippen LogP contribution in [0.3, 0.4) is 0 Å². The van der Waals surface area contributed by atoms with E-state index in [2.05, 4.69) is 4.98 Å². The second kappa shape index (κ2) is 6.74. The Hall–Kier alpha value is -3.66. The van der Waals surface area contributed by atoms with E-state index in [1.807, 2.05) is 24.3 Å². The molecule has 10 heteroatoms. The Morgan fingerprint density at radius 3 is 2.59 bits per heavy atom. The standard InChI is InChI=1S/C19H14N4O5S/c1-10(16(24)21(2)19-20-12-7-3-4-9-14(12)29-19)22-17(25)11-6-5-8-13(23(27)28)15(11)18(22)26/h3-10H,1-2H3/t10-/m0/s1. The largest absolute Gasteiger partial charge is 0.289 e. The summed E-state index contributed by atoms with van der Waals surface area (Å²) < 4.78 is 0.895. The van der Waals surface area contributed by atoms with Gasteiger partial charge in [-0.05, 0) is 25.1 Å². The first-order valence-electron chi connectivity index (χ1n) is 8.59. The molecule has 0 unspecified atom stereocenters. The smallest absolute Gasteiger partial charge is 0.282 e. The highest BCUT2D eigenvalue weighted by atomic mass is 32.1. The van der Waals surface area contributed by atoms with E-state index in [0.29, 0.717) is 5.13 Å². The summed E-state index contributed by atoms with van der Waals surface area (Å²) in [6, 6.07) is 10.1. The topological polar surface area (TPSA) is 114 Å². The average Bonchev–Trinajstić information content (AvgIpc) is 3.25. The molecule has 0 radical (unpaired) electrons. The Morgan fingerprint density at radius 2 is 1.90 bits per heavy atom. The number of carbonyl (C=O) groups is 3. The fourth-order valence-corrected chi connectivity index (χ4v) is 4.21. The molecule has 4 rings (SSSR count). The van der Waals surface area contributed by atoms with Crippen LogP contribution in [0.1, 0.15) is 27.6 Å². The molecule has 1 aliphatic rings. The van der Waals surface area contributed by atoms with Crippen LogP contribution in [0.2, 0.25) is 0 Å². The van der Waals surface area contributed by atoms with Crippen molar-refractivity contribution in [1.82, 2.24) is 9.88 Å². The zero-order chi connectivity index (χ0) is 20.9. The third kappa shape index (κ3) is 2.85. The SMILES string of the molecule is C[C@@H](C(=O)N(C)c1nc2ccccc2s1)N1C(=O)c2cccc([N+](=O)[O-])c2C1=O. The van der Waals surface area contributed by atoms with Gasteiger partial charge in [0.15, 0.2) is 5.13 Å². The van der Waals surface area contributed by atoms with Gasteiger partial charge in [-0.25, -0.2) is 4.98 Å². The predicted molar refractivity (Wildman–Crippen MR) is 106 cm³/mol. The first-order chi connectivity index (χ1) is 13.8. The van der Waals surface area contributed by atoms with Gasteiger partial charge in [0.05, 0.1) is 20.7 Å². The zero-order valence-corrected chi connectivity index (χ0v) is 16.2. The number of nitrogens with zero attached hydrogens (tertiary/aromatic N) is 4. The summed E-state index contributed by atoms with van der Waals surface area (Å²) in [5, 5.41) is 11.7. The summed E-state index contributed by atoms with van der Waals surface area (Å²) in [5.74, 6) is -2.11. The first-order valence-corrected chi connectivity index (χ1v) is 9.41. The number of carbonyl (C=O) groups excluding carboxylic acids is 3. The van der Waals surface area contributed by atoms with Crippen molar-refractivity contribution in [2.45, 2.75) is 13.0 Å². The molecule has 1 atom stereocenters. The summed E-state index contributed by atoms with van der Waals surface area (Å²) in [7, 11) is 1.51. The monoisotopic (exact) mass is 410 g/mol. The van der Waals surface area contributed by atoms with Gasteiger partial charge in [0, 0.05) is 13.1 Å². The highest BCUT2D eigenvalue weighted by molar-refractivity contribution is 7.22. The molecule has 1 aromatic heterocycles. The number of aromatic nitrogens is 1. The van der Waals surface area contributed by atoms with Crippen molar-refractivity contribution in [2.75, 3.05) is 11.9 Å². The van der Waals surface area contributed by atoms with Gasteiger partial charge in [-0.1, -0.05) is 29.5 Å². The molecular formula is C19H14N4O5S. The Labute approximate surface area is 168 Å². The third-order valence-electron chi connectivity index (χ3n) is 4.77. The maximum Gasteiger partial charge on any atom is 0.282 e. The minimum absolute atomic E-state index is 0.0773. The van der Waals surface area contributed by atoms with Crippen LogP contribution < -0.4 is 4.90 Å². The van der Waals surface area contributed by atoms with Gasteiger partial charge in [0.25, 0.3) is 23.4 Å². The molecule has 9 nitrogen and oxygen atoms in total. The summed E-state index contributed by atoms with van der Waals surface area (Å²) in [6.45, 7) is 1.42. The maximum atomic E-state index is 13.0. The molecule has 3 amide bonds. The number of imide groups is 1. The second-order valence-corrected chi connectivity index (χ2v) is 7.48. The Balaban J connectivity index is 1.65. The number of anilines is 1. The van der Waals surface area contributed by atoms with E-state index in [1.54, 1.807) is 0 Å². The van der Waals surface area contributed by atoms with Crippen molar-refractivity contribution in [3.05, 3.63) is 63.7 Å². The highest BCUT2D eigenvalue weighted by Crippen LogP contribution is 2.33. The van der Waals surface area contributed by atoms with Crippen LogP contribution >= 0.6 is 11.3 Å². The molecule has 0 saturated heterocycles. The summed E-state index contributed by atoms with van der Waals surface area (Å²) >= 11 is 1.31. The number of nitro groups is 1. The van der Waals surface area contributed by atoms with E-state index < -0.39 is 34.4 Å². The lowest BCUT2D eigenvalue weighted by Gasteiger charge is -2.25. The van der Waals surface area contributed by atoms with Gasteiger partial charge >= 0.3 is 0 Å². The van der Waals surface area contributed by atoms with E-state index in [4.69, 9.17) is 0 Å². The van der Waals surface area contributed by atoms with Gasteiger partial charge in [0.2, 0.25) is 0 Å². The van der Waals surface area contributed by atoms with Crippen LogP contribution in [0.25, 0.3) is 10.2 Å². The molecule has 0 N–H and O–H groups in total. The molecule has 2 aromatic carbocycles. The lowest BCUT2D eigenvalue weighted by molar-refractivity contribution is -0.385. The van der Waals surface area contributed by atoms with Crippen LogP contribution in [0.4, 0.5) is 10.8 Å². The van der Waals surface area contributed by atoms with Gasteiger partial charge in [-0.15, -0.1) is 0 Å². The molecule has 2 heterocycles. The zero-order valence-electron chi connectivity index (χ0n) is 15.4. The maximum absolute atomic E-state index is 13.0. The van der Waals surface area contributed by atoms with Crippen LogP contribution in [0, 0.1) is 10.1 Å². The molecule has 3 aromatic rings. The molecule has 0 bridgehead atoms. The molecule has 0 fully saturated rings. The van der Waals surface area contributed by atoms with Gasteiger partial charge in [-0.2, -0.15) is 0 Å². The van der Waals surface area contributed by atoms with Crippen molar-refractivity contribution in [2.24, 2.45) is 0 Å². The lowest BCUT2D eigenvalue weighted by Crippen LogP contribution is -2.48. The number of likely N-dealkylation sites (N-methyl/N-ethyl adjacent to an activating group) is 1. The highest BCUT2D eigenvalue weighted by Gasteiger charge is 2.45. The first kappa shape index (κ1) is 18.7. The van der Waals surface area contributed by atoms with E-state index >= 15 is 0 Å². The van der Waals surface area contributed by atoms with E-state index in [-0.39, 0.29) is 11.1 Å². The molecule has 0 aliphatic carbocycles. The fraction of sp³-hybridized carbons (Fsp3) is 0.158. The molecule has 0 saturated carbocycles. The Bertz CT molecular complexity index is 1170. The van der Waals surface area contributed by atoms with E-state index in [0.717, 1.165) is 21.2 Å². The number of hydrogen-bond donors (Lipinski definition) is 0. The van der Waals surface area contributed by atoms with Crippen molar-refractivity contribution < 1.29 is 19.3 Å². The summed E-state index contributed by atoms with van der Waals surface area (Å²) in [5.41, 5.74) is -0.0880. The molecule has 29 heavy (non-hydrogen) atoms. The molecular weight excluding hydrogens is 396 g/mol.